The van der Waals surface area contributed by atoms with E-state index in [9.17, 15) is 0 Å². The fourth-order valence-electron chi connectivity index (χ4n) is 3.77. The normalized spacial score (nSPS) is 14.9. The van der Waals surface area contributed by atoms with Crippen LogP contribution >= 0.6 is 0 Å². The van der Waals surface area contributed by atoms with E-state index in [-0.39, 0.29) is 0 Å². The van der Waals surface area contributed by atoms with E-state index in [1.165, 1.54) is 22.4 Å². The Balaban J connectivity index is 1.30. The van der Waals surface area contributed by atoms with Gasteiger partial charge < -0.3 is 10.2 Å². The lowest BCUT2D eigenvalue weighted by molar-refractivity contribution is 0.249. The first kappa shape index (κ1) is 18.7. The number of rotatable bonds is 7. The molecule has 0 amide bonds. The monoisotopic (exact) mass is 372 g/mol. The number of anilines is 1. The molecule has 0 spiro atoms. The fourth-order valence-corrected chi connectivity index (χ4v) is 3.77. The number of hydrogen-bond acceptors (Lipinski definition) is 4. The van der Waals surface area contributed by atoms with E-state index in [0.717, 1.165) is 45.8 Å². The van der Waals surface area contributed by atoms with Crippen LogP contribution in [0.3, 0.4) is 0 Å². The summed E-state index contributed by atoms with van der Waals surface area (Å²) in [6.45, 7) is 7.13. The van der Waals surface area contributed by atoms with Gasteiger partial charge in [-0.25, -0.2) is 0 Å². The molecule has 0 aliphatic carbocycles. The van der Waals surface area contributed by atoms with Gasteiger partial charge in [0.1, 0.15) is 0 Å². The van der Waals surface area contributed by atoms with Crippen LogP contribution in [0.15, 0.2) is 79.1 Å². The molecule has 3 aromatic rings. The highest BCUT2D eigenvalue weighted by Gasteiger charge is 2.17. The van der Waals surface area contributed by atoms with Crippen LogP contribution in [-0.2, 0) is 19.6 Å². The summed E-state index contributed by atoms with van der Waals surface area (Å²) in [4.78, 5) is 9.24. The number of nitrogens with one attached hydrogen (secondary N) is 1. The zero-order chi connectivity index (χ0) is 19.0. The summed E-state index contributed by atoms with van der Waals surface area (Å²) in [5.41, 5.74) is 5.37. The van der Waals surface area contributed by atoms with Gasteiger partial charge in [0.05, 0.1) is 0 Å². The molecule has 0 atom stereocenters. The number of pyridine rings is 1. The molecule has 1 N–H and O–H groups in total. The highest BCUT2D eigenvalue weighted by Crippen LogP contribution is 2.18. The third-order valence-corrected chi connectivity index (χ3v) is 5.37. The molecule has 144 valence electrons. The van der Waals surface area contributed by atoms with Gasteiger partial charge in [-0.2, -0.15) is 0 Å². The Labute approximate surface area is 167 Å². The van der Waals surface area contributed by atoms with Crippen molar-refractivity contribution in [3.8, 4) is 0 Å². The van der Waals surface area contributed by atoms with Crippen LogP contribution < -0.4 is 10.2 Å². The highest BCUT2D eigenvalue weighted by atomic mass is 15.3. The Morgan fingerprint density at radius 3 is 2.25 bits per heavy atom. The number of piperazine rings is 1. The van der Waals surface area contributed by atoms with Gasteiger partial charge in [0, 0.05) is 63.9 Å². The topological polar surface area (TPSA) is 31.4 Å². The quantitative estimate of drug-likeness (QED) is 0.685. The third-order valence-electron chi connectivity index (χ3n) is 5.37. The minimum absolute atomic E-state index is 0.845. The lowest BCUT2D eigenvalue weighted by Crippen LogP contribution is -2.46. The molecule has 1 saturated heterocycles. The molecule has 2 heterocycles. The van der Waals surface area contributed by atoms with Crippen molar-refractivity contribution in [2.75, 3.05) is 31.1 Å². The van der Waals surface area contributed by atoms with Crippen molar-refractivity contribution in [2.24, 2.45) is 0 Å². The lowest BCUT2D eigenvalue weighted by atomic mass is 10.1. The average molecular weight is 373 g/mol. The van der Waals surface area contributed by atoms with Crippen molar-refractivity contribution in [1.82, 2.24) is 15.2 Å². The number of para-hydroxylation sites is 1. The molecule has 28 heavy (non-hydrogen) atoms. The third kappa shape index (κ3) is 4.97. The maximum Gasteiger partial charge on any atom is 0.0367 e. The van der Waals surface area contributed by atoms with Gasteiger partial charge in [-0.3, -0.25) is 9.88 Å². The fraction of sp³-hybridized carbons (Fsp3) is 0.292. The number of aromatic nitrogens is 1. The summed E-state index contributed by atoms with van der Waals surface area (Å²) in [6, 6.07) is 23.6. The summed E-state index contributed by atoms with van der Waals surface area (Å²) >= 11 is 0. The standard InChI is InChI=1S/C24H28N4/c1-2-10-24(11-3-1)28-15-13-27(14-16-28)20-23-9-5-4-8-22(23)19-26-18-21-7-6-12-25-17-21/h1-12,17,26H,13-16,18-20H2. The molecule has 0 bridgehead atoms. The smallest absolute Gasteiger partial charge is 0.0367 e. The van der Waals surface area contributed by atoms with Gasteiger partial charge in [-0.05, 0) is 34.9 Å². The molecule has 4 nitrogen and oxygen atoms in total. The van der Waals surface area contributed by atoms with E-state index >= 15 is 0 Å². The van der Waals surface area contributed by atoms with Crippen molar-refractivity contribution >= 4 is 5.69 Å². The van der Waals surface area contributed by atoms with Crippen LogP contribution in [0.5, 0.6) is 0 Å². The van der Waals surface area contributed by atoms with E-state index < -0.39 is 0 Å². The van der Waals surface area contributed by atoms with Crippen molar-refractivity contribution in [1.29, 1.82) is 0 Å². The highest BCUT2D eigenvalue weighted by molar-refractivity contribution is 5.46. The Morgan fingerprint density at radius 1 is 0.750 bits per heavy atom. The largest absolute Gasteiger partial charge is 0.369 e. The second-order valence-corrected chi connectivity index (χ2v) is 7.33. The van der Waals surface area contributed by atoms with Crippen LogP contribution in [0.1, 0.15) is 16.7 Å². The zero-order valence-electron chi connectivity index (χ0n) is 16.3. The van der Waals surface area contributed by atoms with E-state index in [1.807, 2.05) is 18.5 Å². The van der Waals surface area contributed by atoms with E-state index in [4.69, 9.17) is 0 Å². The predicted molar refractivity (Wildman–Crippen MR) is 115 cm³/mol. The summed E-state index contributed by atoms with van der Waals surface area (Å²) in [7, 11) is 0. The van der Waals surface area contributed by atoms with Crippen LogP contribution in [0.25, 0.3) is 0 Å². The number of benzene rings is 2. The van der Waals surface area contributed by atoms with Gasteiger partial charge in [-0.1, -0.05) is 48.5 Å². The Kier molecular flexibility index (Phi) is 6.32. The molecular weight excluding hydrogens is 344 g/mol. The van der Waals surface area contributed by atoms with Gasteiger partial charge in [0.2, 0.25) is 0 Å². The first-order valence-corrected chi connectivity index (χ1v) is 10.1. The minimum Gasteiger partial charge on any atom is -0.369 e. The van der Waals surface area contributed by atoms with E-state index in [2.05, 4.69) is 80.8 Å². The Bertz CT molecular complexity index is 843. The molecule has 2 aromatic carbocycles. The van der Waals surface area contributed by atoms with Crippen LogP contribution in [0.2, 0.25) is 0 Å². The molecule has 0 saturated carbocycles. The van der Waals surface area contributed by atoms with Gasteiger partial charge in [0.25, 0.3) is 0 Å². The Morgan fingerprint density at radius 2 is 1.50 bits per heavy atom. The van der Waals surface area contributed by atoms with E-state index in [0.29, 0.717) is 0 Å². The molecular formula is C24H28N4. The van der Waals surface area contributed by atoms with Crippen LogP contribution in [-0.4, -0.2) is 36.1 Å². The first-order valence-electron chi connectivity index (χ1n) is 10.1. The molecule has 1 aliphatic rings. The Hall–Kier alpha value is -2.69. The van der Waals surface area contributed by atoms with Crippen LogP contribution in [0, 0.1) is 0 Å². The van der Waals surface area contributed by atoms with Crippen molar-refractivity contribution in [2.45, 2.75) is 19.6 Å². The minimum atomic E-state index is 0.845. The van der Waals surface area contributed by atoms with Crippen molar-refractivity contribution in [3.05, 3.63) is 95.8 Å². The number of hydrogen-bond donors (Lipinski definition) is 1. The summed E-state index contributed by atoms with van der Waals surface area (Å²) in [5.74, 6) is 0. The predicted octanol–water partition coefficient (Wildman–Crippen LogP) is 3.69. The zero-order valence-corrected chi connectivity index (χ0v) is 16.3. The molecule has 0 radical (unpaired) electrons. The maximum atomic E-state index is 4.18. The van der Waals surface area contributed by atoms with Crippen molar-refractivity contribution < 1.29 is 0 Å². The molecule has 1 fully saturated rings. The lowest BCUT2D eigenvalue weighted by Gasteiger charge is -2.36. The van der Waals surface area contributed by atoms with Gasteiger partial charge >= 0.3 is 0 Å². The summed E-state index contributed by atoms with van der Waals surface area (Å²) < 4.78 is 0. The van der Waals surface area contributed by atoms with Gasteiger partial charge in [-0.15, -0.1) is 0 Å². The summed E-state index contributed by atoms with van der Waals surface area (Å²) in [5, 5.41) is 3.56. The van der Waals surface area contributed by atoms with Gasteiger partial charge in [0.15, 0.2) is 0 Å². The van der Waals surface area contributed by atoms with Crippen molar-refractivity contribution in [3.63, 3.8) is 0 Å². The average Bonchev–Trinajstić information content (AvgIpc) is 2.77. The number of nitrogens with zero attached hydrogens (tertiary/aromatic N) is 3. The second kappa shape index (κ2) is 9.49. The van der Waals surface area contributed by atoms with Crippen LogP contribution in [0.4, 0.5) is 5.69 Å². The van der Waals surface area contributed by atoms with E-state index in [1.54, 1.807) is 0 Å². The molecule has 0 unspecified atom stereocenters. The SMILES string of the molecule is c1ccc(N2CCN(Cc3ccccc3CNCc3cccnc3)CC2)cc1. The second-order valence-electron chi connectivity index (χ2n) is 7.33. The summed E-state index contributed by atoms with van der Waals surface area (Å²) in [6.07, 6.45) is 3.74. The molecule has 1 aliphatic heterocycles. The molecule has 4 rings (SSSR count). The molecule has 4 heteroatoms. The molecule has 1 aromatic heterocycles. The maximum absolute atomic E-state index is 4.18. The first-order chi connectivity index (χ1) is 13.9.